The zero-order chi connectivity index (χ0) is 16.4. The van der Waals surface area contributed by atoms with Gasteiger partial charge in [-0.1, -0.05) is 12.8 Å². The van der Waals surface area contributed by atoms with Gasteiger partial charge in [0.15, 0.2) is 0 Å². The van der Waals surface area contributed by atoms with E-state index < -0.39 is 15.3 Å². The van der Waals surface area contributed by atoms with Gasteiger partial charge in [-0.3, -0.25) is 4.79 Å². The van der Waals surface area contributed by atoms with Gasteiger partial charge in [-0.2, -0.15) is 4.31 Å². The number of likely N-dealkylation sites (N-methyl/N-ethyl adjacent to an activating group) is 1. The van der Waals surface area contributed by atoms with Gasteiger partial charge >= 0.3 is 0 Å². The van der Waals surface area contributed by atoms with Crippen molar-refractivity contribution in [1.82, 2.24) is 14.1 Å². The Morgan fingerprint density at radius 1 is 0.913 bits per heavy atom. The van der Waals surface area contributed by atoms with E-state index >= 15 is 0 Å². The van der Waals surface area contributed by atoms with Crippen LogP contribution in [0.2, 0.25) is 0 Å². The van der Waals surface area contributed by atoms with Crippen molar-refractivity contribution in [2.24, 2.45) is 5.92 Å². The first kappa shape index (κ1) is 17.2. The second-order valence-corrected chi connectivity index (χ2v) is 9.49. The molecule has 0 aromatic rings. The lowest BCUT2D eigenvalue weighted by Gasteiger charge is -2.38. The standard InChI is InChI=1S/C16H29N3O3S/c1-17-9-11-19(12-10-17)23(21,22)15-7-4-8-18(13-15)16(20)14-5-2-3-6-14/h14-15H,2-13H2,1H3. The third kappa shape index (κ3) is 3.72. The zero-order valence-corrected chi connectivity index (χ0v) is 14.9. The largest absolute Gasteiger partial charge is 0.341 e. The van der Waals surface area contributed by atoms with Crippen LogP contribution in [-0.4, -0.2) is 80.0 Å². The average Bonchev–Trinajstić information content (AvgIpc) is 3.09. The monoisotopic (exact) mass is 343 g/mol. The molecule has 1 saturated carbocycles. The number of carbonyl (C=O) groups excluding carboxylic acids is 1. The molecule has 132 valence electrons. The lowest BCUT2D eigenvalue weighted by atomic mass is 10.0. The number of likely N-dealkylation sites (tertiary alicyclic amines) is 1. The summed E-state index contributed by atoms with van der Waals surface area (Å²) in [6.07, 6.45) is 5.70. The van der Waals surface area contributed by atoms with E-state index in [4.69, 9.17) is 0 Å². The summed E-state index contributed by atoms with van der Waals surface area (Å²) in [6, 6.07) is 0. The maximum absolute atomic E-state index is 12.9. The summed E-state index contributed by atoms with van der Waals surface area (Å²) in [5.41, 5.74) is 0. The van der Waals surface area contributed by atoms with Gasteiger partial charge in [-0.25, -0.2) is 8.42 Å². The number of hydrogen-bond acceptors (Lipinski definition) is 4. The molecule has 0 radical (unpaired) electrons. The number of amides is 1. The fraction of sp³-hybridized carbons (Fsp3) is 0.938. The molecule has 0 spiro atoms. The number of sulfonamides is 1. The van der Waals surface area contributed by atoms with E-state index in [1.54, 1.807) is 4.31 Å². The van der Waals surface area contributed by atoms with Gasteiger partial charge in [0.05, 0.1) is 5.25 Å². The Labute approximate surface area is 139 Å². The summed E-state index contributed by atoms with van der Waals surface area (Å²) < 4.78 is 27.5. The van der Waals surface area contributed by atoms with E-state index in [0.717, 1.165) is 51.7 Å². The van der Waals surface area contributed by atoms with Crippen LogP contribution in [0.3, 0.4) is 0 Å². The van der Waals surface area contributed by atoms with E-state index in [1.807, 2.05) is 11.9 Å². The Balaban J connectivity index is 1.64. The highest BCUT2D eigenvalue weighted by molar-refractivity contribution is 7.89. The third-order valence-corrected chi connectivity index (χ3v) is 7.95. The summed E-state index contributed by atoms with van der Waals surface area (Å²) in [5, 5.41) is -0.412. The molecule has 3 aliphatic rings. The Bertz CT molecular complexity index is 523. The first-order valence-electron chi connectivity index (χ1n) is 8.95. The quantitative estimate of drug-likeness (QED) is 0.758. The van der Waals surface area contributed by atoms with Gasteiger partial charge in [-0.05, 0) is 32.7 Å². The van der Waals surface area contributed by atoms with E-state index in [2.05, 4.69) is 4.90 Å². The van der Waals surface area contributed by atoms with Crippen molar-refractivity contribution in [3.05, 3.63) is 0 Å². The second kappa shape index (κ2) is 7.07. The van der Waals surface area contributed by atoms with Gasteiger partial charge in [0.25, 0.3) is 0 Å². The Morgan fingerprint density at radius 3 is 2.22 bits per heavy atom. The van der Waals surface area contributed by atoms with Crippen molar-refractivity contribution in [2.45, 2.75) is 43.8 Å². The lowest BCUT2D eigenvalue weighted by Crippen LogP contribution is -2.54. The number of rotatable bonds is 3. The SMILES string of the molecule is CN1CCN(S(=O)(=O)C2CCCN(C(=O)C3CCCC3)C2)CC1. The van der Waals surface area contributed by atoms with Crippen molar-refractivity contribution in [1.29, 1.82) is 0 Å². The van der Waals surface area contributed by atoms with Crippen LogP contribution in [0, 0.1) is 5.92 Å². The van der Waals surface area contributed by atoms with E-state index in [1.165, 1.54) is 0 Å². The van der Waals surface area contributed by atoms with Gasteiger partial charge in [0, 0.05) is 45.2 Å². The molecule has 23 heavy (non-hydrogen) atoms. The van der Waals surface area contributed by atoms with Gasteiger partial charge in [0.1, 0.15) is 0 Å². The highest BCUT2D eigenvalue weighted by Crippen LogP contribution is 2.29. The molecule has 2 saturated heterocycles. The molecule has 0 N–H and O–H groups in total. The average molecular weight is 343 g/mol. The molecule has 7 heteroatoms. The number of piperazine rings is 1. The Kier molecular flexibility index (Phi) is 5.28. The molecular weight excluding hydrogens is 314 g/mol. The molecule has 6 nitrogen and oxygen atoms in total. The molecule has 1 aliphatic carbocycles. The van der Waals surface area contributed by atoms with Crippen molar-refractivity contribution >= 4 is 15.9 Å². The van der Waals surface area contributed by atoms with Crippen LogP contribution < -0.4 is 0 Å². The van der Waals surface area contributed by atoms with Crippen molar-refractivity contribution in [3.8, 4) is 0 Å². The molecule has 3 rings (SSSR count). The second-order valence-electron chi connectivity index (χ2n) is 7.28. The lowest BCUT2D eigenvalue weighted by molar-refractivity contribution is -0.136. The molecule has 2 heterocycles. The molecule has 0 aromatic heterocycles. The minimum Gasteiger partial charge on any atom is -0.341 e. The number of piperidine rings is 1. The maximum Gasteiger partial charge on any atom is 0.225 e. The summed E-state index contributed by atoms with van der Waals surface area (Å²) in [4.78, 5) is 16.6. The smallest absolute Gasteiger partial charge is 0.225 e. The number of nitrogens with zero attached hydrogens (tertiary/aromatic N) is 3. The van der Waals surface area contributed by atoms with Crippen molar-refractivity contribution in [2.75, 3.05) is 46.3 Å². The first-order valence-corrected chi connectivity index (χ1v) is 10.4. The van der Waals surface area contributed by atoms with Crippen molar-refractivity contribution in [3.63, 3.8) is 0 Å². The van der Waals surface area contributed by atoms with Gasteiger partial charge in [-0.15, -0.1) is 0 Å². The summed E-state index contributed by atoms with van der Waals surface area (Å²) in [5.74, 6) is 0.334. The summed E-state index contributed by atoms with van der Waals surface area (Å²) >= 11 is 0. The van der Waals surface area contributed by atoms with Gasteiger partial charge in [0.2, 0.25) is 15.9 Å². The van der Waals surface area contributed by atoms with Crippen LogP contribution in [-0.2, 0) is 14.8 Å². The molecule has 0 aromatic carbocycles. The van der Waals surface area contributed by atoms with Gasteiger partial charge < -0.3 is 9.80 Å². The Hall–Kier alpha value is -0.660. The third-order valence-electron chi connectivity index (χ3n) is 5.64. The summed E-state index contributed by atoms with van der Waals surface area (Å²) in [6.45, 7) is 3.85. The molecule has 1 atom stereocenters. The highest BCUT2D eigenvalue weighted by atomic mass is 32.2. The molecule has 0 bridgehead atoms. The normalized spacial score (nSPS) is 29.1. The molecule has 2 aliphatic heterocycles. The topological polar surface area (TPSA) is 60.9 Å². The number of carbonyl (C=O) groups is 1. The van der Waals surface area contributed by atoms with E-state index in [9.17, 15) is 13.2 Å². The minimum atomic E-state index is -3.29. The minimum absolute atomic E-state index is 0.139. The van der Waals surface area contributed by atoms with Crippen LogP contribution >= 0.6 is 0 Å². The van der Waals surface area contributed by atoms with Crippen LogP contribution in [0.5, 0.6) is 0 Å². The van der Waals surface area contributed by atoms with Crippen LogP contribution in [0.15, 0.2) is 0 Å². The molecule has 1 amide bonds. The predicted molar refractivity (Wildman–Crippen MR) is 89.5 cm³/mol. The Morgan fingerprint density at radius 2 is 1.57 bits per heavy atom. The number of hydrogen-bond donors (Lipinski definition) is 0. The highest BCUT2D eigenvalue weighted by Gasteiger charge is 2.39. The zero-order valence-electron chi connectivity index (χ0n) is 14.1. The van der Waals surface area contributed by atoms with E-state index in [0.29, 0.717) is 26.1 Å². The van der Waals surface area contributed by atoms with Crippen LogP contribution in [0.25, 0.3) is 0 Å². The maximum atomic E-state index is 12.9. The van der Waals surface area contributed by atoms with Crippen LogP contribution in [0.4, 0.5) is 0 Å². The molecule has 3 fully saturated rings. The first-order chi connectivity index (χ1) is 11.0. The van der Waals surface area contributed by atoms with Crippen LogP contribution in [0.1, 0.15) is 38.5 Å². The molecular formula is C16H29N3O3S. The fourth-order valence-corrected chi connectivity index (χ4v) is 5.99. The molecule has 1 unspecified atom stereocenters. The predicted octanol–water partition coefficient (Wildman–Crippen LogP) is 0.745. The fourth-order valence-electron chi connectivity index (χ4n) is 4.07. The van der Waals surface area contributed by atoms with Crippen molar-refractivity contribution < 1.29 is 13.2 Å². The summed E-state index contributed by atoms with van der Waals surface area (Å²) in [7, 11) is -1.27. The van der Waals surface area contributed by atoms with E-state index in [-0.39, 0.29) is 11.8 Å².